The fourth-order valence-corrected chi connectivity index (χ4v) is 2.49. The summed E-state index contributed by atoms with van der Waals surface area (Å²) in [6.45, 7) is 2.52. The molecule has 0 saturated heterocycles. The summed E-state index contributed by atoms with van der Waals surface area (Å²) in [5, 5.41) is 2.84. The number of aromatic nitrogens is 1. The number of nitrogen functional groups attached to an aromatic ring is 1. The van der Waals surface area contributed by atoms with Crippen LogP contribution in [0.3, 0.4) is 0 Å². The van der Waals surface area contributed by atoms with Gasteiger partial charge in [-0.15, -0.1) is 0 Å². The fourth-order valence-electron chi connectivity index (χ4n) is 2.49. The number of hydrogen-bond donors (Lipinski definition) is 2. The molecule has 0 fully saturated rings. The number of benzene rings is 2. The molecule has 0 aliphatic rings. The molecule has 0 atom stereocenters. The van der Waals surface area contributed by atoms with Crippen LogP contribution in [0, 0.1) is 0 Å². The third-order valence-electron chi connectivity index (χ3n) is 4.03. The van der Waals surface area contributed by atoms with E-state index in [4.69, 9.17) is 10.5 Å². The van der Waals surface area contributed by atoms with Crippen LogP contribution in [-0.4, -0.2) is 10.9 Å². The van der Waals surface area contributed by atoms with E-state index in [1.54, 1.807) is 18.3 Å². The molecule has 0 radical (unpaired) electrons. The molecule has 0 aliphatic carbocycles. The van der Waals surface area contributed by atoms with Gasteiger partial charge in [0.1, 0.15) is 17.3 Å². The highest BCUT2D eigenvalue weighted by atomic mass is 16.5. The summed E-state index contributed by atoms with van der Waals surface area (Å²) in [4.78, 5) is 16.1. The van der Waals surface area contributed by atoms with E-state index in [1.807, 2.05) is 36.4 Å². The second-order valence-corrected chi connectivity index (χ2v) is 5.86. The van der Waals surface area contributed by atoms with Crippen molar-refractivity contribution in [2.45, 2.75) is 19.9 Å². The van der Waals surface area contributed by atoms with Gasteiger partial charge >= 0.3 is 0 Å². The highest BCUT2D eigenvalue weighted by Crippen LogP contribution is 2.22. The minimum atomic E-state index is -0.244. The Hall–Kier alpha value is -3.34. The molecule has 5 heteroatoms. The van der Waals surface area contributed by atoms with Crippen LogP contribution in [0.15, 0.2) is 66.9 Å². The summed E-state index contributed by atoms with van der Waals surface area (Å²) in [6.07, 6.45) is 2.56. The first-order chi connectivity index (χ1) is 12.7. The summed E-state index contributed by atoms with van der Waals surface area (Å²) in [5.74, 6) is 1.53. The van der Waals surface area contributed by atoms with Crippen LogP contribution in [0.4, 0.5) is 5.82 Å². The highest BCUT2D eigenvalue weighted by molar-refractivity contribution is 5.98. The van der Waals surface area contributed by atoms with Gasteiger partial charge in [0.15, 0.2) is 0 Å². The molecule has 5 nitrogen and oxygen atoms in total. The zero-order valence-electron chi connectivity index (χ0n) is 14.6. The minimum absolute atomic E-state index is 0.225. The maximum absolute atomic E-state index is 12.1. The van der Waals surface area contributed by atoms with Gasteiger partial charge in [-0.25, -0.2) is 4.98 Å². The number of nitrogens with zero attached hydrogens (tertiary/aromatic N) is 1. The van der Waals surface area contributed by atoms with Gasteiger partial charge in [0.25, 0.3) is 5.91 Å². The Balaban J connectivity index is 1.57. The van der Waals surface area contributed by atoms with Crippen LogP contribution in [0.1, 0.15) is 28.4 Å². The molecule has 0 aliphatic heterocycles. The zero-order valence-corrected chi connectivity index (χ0v) is 14.6. The second kappa shape index (κ2) is 8.16. The van der Waals surface area contributed by atoms with Crippen molar-refractivity contribution in [3.8, 4) is 11.5 Å². The van der Waals surface area contributed by atoms with Crippen molar-refractivity contribution in [1.82, 2.24) is 10.3 Å². The monoisotopic (exact) mass is 347 g/mol. The second-order valence-electron chi connectivity index (χ2n) is 5.86. The standard InChI is InChI=1S/C21H21N3O2/c1-2-15-5-9-17(10-6-15)26-18-11-7-16(8-12-18)14-24-21(25)19-4-3-13-23-20(19)22/h3-13H,2,14H2,1H3,(H2,22,23)(H,24,25). The van der Waals surface area contributed by atoms with Crippen LogP contribution >= 0.6 is 0 Å². The predicted octanol–water partition coefficient (Wildman–Crippen LogP) is 3.95. The maximum atomic E-state index is 12.1. The number of carbonyl (C=O) groups is 1. The van der Waals surface area contributed by atoms with Gasteiger partial charge < -0.3 is 15.8 Å². The molecule has 0 unspecified atom stereocenters. The molecular weight excluding hydrogens is 326 g/mol. The SMILES string of the molecule is CCc1ccc(Oc2ccc(CNC(=O)c3cccnc3N)cc2)cc1. The fraction of sp³-hybridized carbons (Fsp3) is 0.143. The molecule has 1 aromatic heterocycles. The molecule has 1 amide bonds. The van der Waals surface area contributed by atoms with Crippen molar-refractivity contribution in [1.29, 1.82) is 0 Å². The average molecular weight is 347 g/mol. The molecule has 2 aromatic carbocycles. The van der Waals surface area contributed by atoms with Gasteiger partial charge in [-0.3, -0.25) is 4.79 Å². The molecule has 3 aromatic rings. The Morgan fingerprint density at radius 1 is 1.00 bits per heavy atom. The van der Waals surface area contributed by atoms with Gasteiger partial charge in [0.2, 0.25) is 0 Å². The molecule has 132 valence electrons. The van der Waals surface area contributed by atoms with Crippen molar-refractivity contribution >= 4 is 11.7 Å². The summed E-state index contributed by atoms with van der Waals surface area (Å²) in [6, 6.07) is 19.0. The van der Waals surface area contributed by atoms with Crippen LogP contribution < -0.4 is 15.8 Å². The predicted molar refractivity (Wildman–Crippen MR) is 102 cm³/mol. The number of amides is 1. The van der Waals surface area contributed by atoms with Crippen LogP contribution in [0.2, 0.25) is 0 Å². The molecule has 0 saturated carbocycles. The third kappa shape index (κ3) is 4.39. The Morgan fingerprint density at radius 3 is 2.19 bits per heavy atom. The zero-order chi connectivity index (χ0) is 18.4. The minimum Gasteiger partial charge on any atom is -0.457 e. The van der Waals surface area contributed by atoms with Gasteiger partial charge in [-0.2, -0.15) is 0 Å². The lowest BCUT2D eigenvalue weighted by molar-refractivity contribution is 0.0951. The summed E-state index contributed by atoms with van der Waals surface area (Å²) >= 11 is 0. The lowest BCUT2D eigenvalue weighted by atomic mass is 10.2. The van der Waals surface area contributed by atoms with Crippen molar-refractivity contribution in [3.05, 3.63) is 83.6 Å². The molecule has 0 spiro atoms. The largest absolute Gasteiger partial charge is 0.457 e. The maximum Gasteiger partial charge on any atom is 0.255 e. The Morgan fingerprint density at radius 2 is 1.62 bits per heavy atom. The van der Waals surface area contributed by atoms with E-state index in [9.17, 15) is 4.79 Å². The first-order valence-electron chi connectivity index (χ1n) is 8.50. The first-order valence-corrected chi connectivity index (χ1v) is 8.50. The lowest BCUT2D eigenvalue weighted by Gasteiger charge is -2.09. The van der Waals surface area contributed by atoms with Gasteiger partial charge in [0, 0.05) is 12.7 Å². The number of hydrogen-bond acceptors (Lipinski definition) is 4. The number of anilines is 1. The van der Waals surface area contributed by atoms with Crippen molar-refractivity contribution in [3.63, 3.8) is 0 Å². The third-order valence-corrected chi connectivity index (χ3v) is 4.03. The van der Waals surface area contributed by atoms with E-state index in [0.29, 0.717) is 12.1 Å². The average Bonchev–Trinajstić information content (AvgIpc) is 2.68. The van der Waals surface area contributed by atoms with Crippen molar-refractivity contribution in [2.24, 2.45) is 0 Å². The molecule has 1 heterocycles. The number of pyridine rings is 1. The molecular formula is C21H21N3O2. The normalized spacial score (nSPS) is 10.3. The van der Waals surface area contributed by atoms with Gasteiger partial charge in [0.05, 0.1) is 5.56 Å². The van der Waals surface area contributed by atoms with E-state index in [-0.39, 0.29) is 11.7 Å². The van der Waals surface area contributed by atoms with E-state index in [1.165, 1.54) is 5.56 Å². The van der Waals surface area contributed by atoms with E-state index < -0.39 is 0 Å². The number of carbonyl (C=O) groups excluding carboxylic acids is 1. The molecule has 3 rings (SSSR count). The Kier molecular flexibility index (Phi) is 5.49. The number of ether oxygens (including phenoxy) is 1. The lowest BCUT2D eigenvalue weighted by Crippen LogP contribution is -2.24. The smallest absolute Gasteiger partial charge is 0.255 e. The summed E-state index contributed by atoms with van der Waals surface area (Å²) < 4.78 is 5.83. The Bertz CT molecular complexity index is 875. The number of aryl methyl sites for hydroxylation is 1. The number of nitrogens with one attached hydrogen (secondary N) is 1. The van der Waals surface area contributed by atoms with E-state index in [0.717, 1.165) is 23.5 Å². The van der Waals surface area contributed by atoms with Crippen LogP contribution in [0.25, 0.3) is 0 Å². The van der Waals surface area contributed by atoms with E-state index >= 15 is 0 Å². The summed E-state index contributed by atoms with van der Waals surface area (Å²) in [7, 11) is 0. The number of rotatable bonds is 6. The molecule has 26 heavy (non-hydrogen) atoms. The molecule has 3 N–H and O–H groups in total. The van der Waals surface area contributed by atoms with Crippen molar-refractivity contribution < 1.29 is 9.53 Å². The van der Waals surface area contributed by atoms with Gasteiger partial charge in [-0.1, -0.05) is 31.2 Å². The quantitative estimate of drug-likeness (QED) is 0.708. The molecule has 0 bridgehead atoms. The Labute approximate surface area is 152 Å². The van der Waals surface area contributed by atoms with Crippen LogP contribution in [0.5, 0.6) is 11.5 Å². The van der Waals surface area contributed by atoms with E-state index in [2.05, 4.69) is 29.4 Å². The van der Waals surface area contributed by atoms with Gasteiger partial charge in [-0.05, 0) is 53.9 Å². The topological polar surface area (TPSA) is 77.2 Å². The highest BCUT2D eigenvalue weighted by Gasteiger charge is 2.09. The number of nitrogens with two attached hydrogens (primary N) is 1. The van der Waals surface area contributed by atoms with Crippen molar-refractivity contribution in [2.75, 3.05) is 5.73 Å². The first kappa shape index (κ1) is 17.5. The summed E-state index contributed by atoms with van der Waals surface area (Å²) in [5.41, 5.74) is 8.33. The van der Waals surface area contributed by atoms with Crippen LogP contribution in [-0.2, 0) is 13.0 Å².